The van der Waals surface area contributed by atoms with Crippen LogP contribution < -0.4 is 10.2 Å². The number of hydrogen-bond donors (Lipinski definition) is 1. The Balaban J connectivity index is 1.73. The highest BCUT2D eigenvalue weighted by Crippen LogP contribution is 2.32. The van der Waals surface area contributed by atoms with Gasteiger partial charge in [-0.15, -0.1) is 0 Å². The van der Waals surface area contributed by atoms with Crippen LogP contribution in [0.3, 0.4) is 0 Å². The zero-order valence-electron chi connectivity index (χ0n) is 16.4. The van der Waals surface area contributed by atoms with Gasteiger partial charge in [0.2, 0.25) is 12.3 Å². The van der Waals surface area contributed by atoms with E-state index in [0.717, 1.165) is 67.3 Å². The molecular weight excluding hydrogens is 352 g/mol. The van der Waals surface area contributed by atoms with Gasteiger partial charge in [0, 0.05) is 37.1 Å². The molecule has 1 aromatic carbocycles. The normalized spacial score (nSPS) is 20.9. The van der Waals surface area contributed by atoms with E-state index in [-0.39, 0.29) is 17.9 Å². The number of hydrogen-bond acceptors (Lipinski definition) is 4. The number of aromatic nitrogens is 1. The number of carbonyl (C=O) groups excluding carboxylic acids is 2. The molecule has 148 valence electrons. The van der Waals surface area contributed by atoms with Crippen LogP contribution in [-0.2, 0) is 9.59 Å². The Hall–Kier alpha value is -2.47. The number of fused-ring (bicyclic) bond motifs is 1. The fourth-order valence-corrected chi connectivity index (χ4v) is 4.53. The zero-order chi connectivity index (χ0) is 19.5. The van der Waals surface area contributed by atoms with Gasteiger partial charge in [-0.05, 0) is 56.2 Å². The molecule has 2 amide bonds. The summed E-state index contributed by atoms with van der Waals surface area (Å²) in [6.07, 6.45) is 6.18. The first-order valence-electron chi connectivity index (χ1n) is 10.3. The molecular formula is C22H28N4O2. The Morgan fingerprint density at radius 3 is 2.79 bits per heavy atom. The molecule has 1 N–H and O–H groups in total. The van der Waals surface area contributed by atoms with Crippen LogP contribution in [0.15, 0.2) is 30.5 Å². The van der Waals surface area contributed by atoms with E-state index < -0.39 is 0 Å². The number of nitrogens with zero attached hydrogens (tertiary/aromatic N) is 3. The predicted octanol–water partition coefficient (Wildman–Crippen LogP) is 2.50. The fraction of sp³-hybridized carbons (Fsp3) is 0.500. The quantitative estimate of drug-likeness (QED) is 0.828. The summed E-state index contributed by atoms with van der Waals surface area (Å²) in [6.45, 7) is 5.18. The van der Waals surface area contributed by atoms with Crippen molar-refractivity contribution < 1.29 is 9.59 Å². The first kappa shape index (κ1) is 18.9. The number of carbonyl (C=O) groups is 2. The van der Waals surface area contributed by atoms with E-state index in [2.05, 4.69) is 24.4 Å². The number of pyridine rings is 1. The summed E-state index contributed by atoms with van der Waals surface area (Å²) in [7, 11) is 0. The summed E-state index contributed by atoms with van der Waals surface area (Å²) >= 11 is 0. The van der Waals surface area contributed by atoms with Crippen molar-refractivity contribution in [3.05, 3.63) is 36.0 Å². The van der Waals surface area contributed by atoms with Gasteiger partial charge in [-0.25, -0.2) is 4.98 Å². The van der Waals surface area contributed by atoms with E-state index in [1.807, 2.05) is 23.2 Å². The van der Waals surface area contributed by atoms with Crippen molar-refractivity contribution in [1.29, 1.82) is 0 Å². The number of likely N-dealkylation sites (tertiary alicyclic amines) is 1. The van der Waals surface area contributed by atoms with Gasteiger partial charge >= 0.3 is 0 Å². The molecule has 4 rings (SSSR count). The largest absolute Gasteiger partial charge is 0.345 e. The van der Waals surface area contributed by atoms with Crippen molar-refractivity contribution in [2.75, 3.05) is 31.1 Å². The molecule has 28 heavy (non-hydrogen) atoms. The maximum absolute atomic E-state index is 13.7. The second-order valence-electron chi connectivity index (χ2n) is 7.93. The molecule has 0 unspecified atom stereocenters. The average Bonchev–Trinajstić information content (AvgIpc) is 2.75. The van der Waals surface area contributed by atoms with Gasteiger partial charge in [-0.3, -0.25) is 14.5 Å². The third-order valence-electron chi connectivity index (χ3n) is 6.11. The molecule has 0 spiro atoms. The molecule has 3 heterocycles. The molecule has 2 aliphatic heterocycles. The molecule has 6 heteroatoms. The lowest BCUT2D eigenvalue weighted by molar-refractivity contribution is -0.127. The first-order chi connectivity index (χ1) is 13.7. The van der Waals surface area contributed by atoms with E-state index >= 15 is 0 Å². The van der Waals surface area contributed by atoms with Gasteiger partial charge in [-0.1, -0.05) is 18.2 Å². The zero-order valence-corrected chi connectivity index (χ0v) is 16.4. The molecule has 1 atom stereocenters. The lowest BCUT2D eigenvalue weighted by atomic mass is 9.93. The van der Waals surface area contributed by atoms with Crippen molar-refractivity contribution >= 4 is 28.9 Å². The Kier molecular flexibility index (Phi) is 5.57. The van der Waals surface area contributed by atoms with Crippen molar-refractivity contribution in [3.63, 3.8) is 0 Å². The molecule has 0 bridgehead atoms. The minimum Gasteiger partial charge on any atom is -0.345 e. The topological polar surface area (TPSA) is 65.5 Å². The maximum Gasteiger partial charge on any atom is 0.231 e. The molecule has 2 aliphatic rings. The van der Waals surface area contributed by atoms with Crippen LogP contribution in [0.2, 0.25) is 0 Å². The second-order valence-corrected chi connectivity index (χ2v) is 7.93. The molecule has 0 aliphatic carbocycles. The summed E-state index contributed by atoms with van der Waals surface area (Å²) in [6, 6.07) is 8.33. The number of aryl methyl sites for hydroxylation is 1. The van der Waals surface area contributed by atoms with Gasteiger partial charge in [0.15, 0.2) is 0 Å². The van der Waals surface area contributed by atoms with Crippen LogP contribution in [0.5, 0.6) is 0 Å². The number of anilines is 1. The minimum absolute atomic E-state index is 0.0563. The van der Waals surface area contributed by atoms with E-state index in [1.54, 1.807) is 4.90 Å². The van der Waals surface area contributed by atoms with Crippen molar-refractivity contribution in [1.82, 2.24) is 15.2 Å². The lowest BCUT2D eigenvalue weighted by Crippen LogP contribution is -2.52. The van der Waals surface area contributed by atoms with Crippen LogP contribution in [0.1, 0.15) is 31.2 Å². The van der Waals surface area contributed by atoms with Crippen LogP contribution in [-0.4, -0.2) is 54.4 Å². The summed E-state index contributed by atoms with van der Waals surface area (Å²) in [5, 5.41) is 5.62. The lowest BCUT2D eigenvalue weighted by Gasteiger charge is -2.38. The van der Waals surface area contributed by atoms with Crippen molar-refractivity contribution in [3.8, 4) is 0 Å². The smallest absolute Gasteiger partial charge is 0.231 e. The highest BCUT2D eigenvalue weighted by molar-refractivity contribution is 6.04. The van der Waals surface area contributed by atoms with E-state index in [1.165, 1.54) is 0 Å². The maximum atomic E-state index is 13.7. The monoisotopic (exact) mass is 380 g/mol. The third kappa shape index (κ3) is 3.61. The number of benzene rings is 1. The summed E-state index contributed by atoms with van der Waals surface area (Å²) in [4.78, 5) is 33.2. The molecule has 2 fully saturated rings. The van der Waals surface area contributed by atoms with E-state index in [0.29, 0.717) is 13.1 Å². The van der Waals surface area contributed by atoms with Gasteiger partial charge in [-0.2, -0.15) is 0 Å². The Morgan fingerprint density at radius 1 is 1.25 bits per heavy atom. The Bertz CT molecular complexity index is 849. The second kappa shape index (κ2) is 8.27. The molecule has 0 radical (unpaired) electrons. The van der Waals surface area contributed by atoms with Crippen molar-refractivity contribution in [2.24, 2.45) is 5.92 Å². The molecule has 2 saturated heterocycles. The first-order valence-corrected chi connectivity index (χ1v) is 10.3. The van der Waals surface area contributed by atoms with Crippen LogP contribution >= 0.6 is 0 Å². The van der Waals surface area contributed by atoms with Crippen molar-refractivity contribution in [2.45, 2.75) is 38.6 Å². The summed E-state index contributed by atoms with van der Waals surface area (Å²) in [5.41, 5.74) is 1.14. The minimum atomic E-state index is -0.0563. The van der Waals surface area contributed by atoms with Crippen LogP contribution in [0.4, 0.5) is 5.82 Å². The highest BCUT2D eigenvalue weighted by atomic mass is 16.2. The Labute approximate surface area is 165 Å². The SMILES string of the molecule is Cc1cccc2ccnc(N(C(=O)C3CCN(C=O)CC3)[C@@H]3CCCNC3)c12. The molecule has 0 saturated carbocycles. The summed E-state index contributed by atoms with van der Waals surface area (Å²) < 4.78 is 0. The standard InChI is InChI=1S/C22H28N4O2/c1-16-4-2-5-17-7-11-24-21(20(16)17)26(19-6-3-10-23-14-19)22(28)18-8-12-25(15-27)13-9-18/h2,4-5,7,11,15,18-19,23H,3,6,8-10,12-14H2,1H3/t19-/m1/s1. The molecule has 2 aromatic rings. The Morgan fingerprint density at radius 2 is 2.07 bits per heavy atom. The predicted molar refractivity (Wildman–Crippen MR) is 110 cm³/mol. The van der Waals surface area contributed by atoms with Crippen LogP contribution in [0, 0.1) is 12.8 Å². The number of amides is 2. The van der Waals surface area contributed by atoms with Gasteiger partial charge < -0.3 is 10.2 Å². The fourth-order valence-electron chi connectivity index (χ4n) is 4.53. The highest BCUT2D eigenvalue weighted by Gasteiger charge is 2.35. The number of nitrogens with one attached hydrogen (secondary N) is 1. The number of piperidine rings is 2. The van der Waals surface area contributed by atoms with E-state index in [4.69, 9.17) is 4.98 Å². The molecule has 6 nitrogen and oxygen atoms in total. The number of rotatable bonds is 4. The summed E-state index contributed by atoms with van der Waals surface area (Å²) in [5.74, 6) is 0.883. The van der Waals surface area contributed by atoms with Gasteiger partial charge in [0.1, 0.15) is 5.82 Å². The van der Waals surface area contributed by atoms with Gasteiger partial charge in [0.25, 0.3) is 0 Å². The molecule has 1 aromatic heterocycles. The van der Waals surface area contributed by atoms with Crippen LogP contribution in [0.25, 0.3) is 10.8 Å². The van der Waals surface area contributed by atoms with Gasteiger partial charge in [0.05, 0.1) is 6.04 Å². The van der Waals surface area contributed by atoms with E-state index in [9.17, 15) is 9.59 Å². The third-order valence-corrected chi connectivity index (χ3v) is 6.11. The average molecular weight is 380 g/mol.